The molecule has 1 amide bonds. The first kappa shape index (κ1) is 22.8. The van der Waals surface area contributed by atoms with Gasteiger partial charge in [-0.15, -0.1) is 0 Å². The monoisotopic (exact) mass is 473 g/mol. The summed E-state index contributed by atoms with van der Waals surface area (Å²) in [5.74, 6) is -0.251. The molecule has 5 rings (SSSR count). The molecule has 0 atom stereocenters. The molecular formula is C30H23N3O3. The number of hydrogen-bond donors (Lipinski definition) is 1. The number of nitrogens with one attached hydrogen (secondary N) is 1. The topological polar surface area (TPSA) is 77.2 Å². The summed E-state index contributed by atoms with van der Waals surface area (Å²) in [5.41, 5.74) is 5.79. The van der Waals surface area contributed by atoms with Crippen LogP contribution >= 0.6 is 0 Å². The number of amides is 1. The predicted molar refractivity (Wildman–Crippen MR) is 142 cm³/mol. The zero-order valence-electron chi connectivity index (χ0n) is 19.6. The Bertz CT molecular complexity index is 1540. The number of hydrogen-bond acceptors (Lipinski definition) is 3. The van der Waals surface area contributed by atoms with Gasteiger partial charge in [0.2, 0.25) is 0 Å². The number of nitrogens with zero attached hydrogens (tertiary/aromatic N) is 2. The molecule has 0 spiro atoms. The maximum atomic E-state index is 13.8. The first-order chi connectivity index (χ1) is 17.5. The van der Waals surface area contributed by atoms with Crippen LogP contribution in [0.1, 0.15) is 16.1 Å². The van der Waals surface area contributed by atoms with Gasteiger partial charge >= 0.3 is 0 Å². The molecule has 0 bridgehead atoms. The number of nitro benzene ring substituents is 1. The maximum Gasteiger partial charge on any atom is 0.271 e. The Morgan fingerprint density at radius 3 is 1.97 bits per heavy atom. The minimum Gasteiger partial charge on any atom is -0.322 e. The lowest BCUT2D eigenvalue weighted by Crippen LogP contribution is -2.14. The highest BCUT2D eigenvalue weighted by molar-refractivity contribution is 6.12. The van der Waals surface area contributed by atoms with Crippen LogP contribution in [0.5, 0.6) is 0 Å². The van der Waals surface area contributed by atoms with Crippen LogP contribution in [0, 0.1) is 17.0 Å². The number of rotatable bonds is 6. The van der Waals surface area contributed by atoms with E-state index in [-0.39, 0.29) is 11.6 Å². The molecule has 1 N–H and O–H groups in total. The number of anilines is 1. The van der Waals surface area contributed by atoms with Crippen molar-refractivity contribution in [3.8, 4) is 28.1 Å². The molecule has 6 nitrogen and oxygen atoms in total. The van der Waals surface area contributed by atoms with Gasteiger partial charge in [-0.2, -0.15) is 0 Å². The molecule has 5 aromatic rings. The Labute approximate surface area is 208 Å². The second-order valence-corrected chi connectivity index (χ2v) is 8.35. The lowest BCUT2D eigenvalue weighted by atomic mass is 9.96. The predicted octanol–water partition coefficient (Wildman–Crippen LogP) is 7.28. The van der Waals surface area contributed by atoms with E-state index in [1.165, 1.54) is 12.1 Å². The molecule has 176 valence electrons. The van der Waals surface area contributed by atoms with E-state index in [1.54, 1.807) is 6.07 Å². The number of carbonyl (C=O) groups excluding carboxylic acids is 1. The zero-order valence-corrected chi connectivity index (χ0v) is 19.6. The van der Waals surface area contributed by atoms with Gasteiger partial charge in [0, 0.05) is 29.1 Å². The third-order valence-electron chi connectivity index (χ3n) is 6.07. The van der Waals surface area contributed by atoms with E-state index < -0.39 is 4.92 Å². The van der Waals surface area contributed by atoms with E-state index in [9.17, 15) is 14.9 Å². The molecule has 0 saturated heterocycles. The average Bonchev–Trinajstić information content (AvgIpc) is 3.23. The van der Waals surface area contributed by atoms with E-state index >= 15 is 0 Å². The van der Waals surface area contributed by atoms with Crippen LogP contribution in [0.25, 0.3) is 28.1 Å². The first-order valence-electron chi connectivity index (χ1n) is 11.5. The third-order valence-corrected chi connectivity index (χ3v) is 6.07. The molecule has 0 aliphatic carbocycles. The van der Waals surface area contributed by atoms with Crippen LogP contribution in [0.15, 0.2) is 115 Å². The summed E-state index contributed by atoms with van der Waals surface area (Å²) in [6.45, 7) is 1.87. The Morgan fingerprint density at radius 1 is 0.778 bits per heavy atom. The fraction of sp³-hybridized carbons (Fsp3) is 0.0333. The summed E-state index contributed by atoms with van der Waals surface area (Å²) in [5, 5.41) is 14.6. The van der Waals surface area contributed by atoms with Gasteiger partial charge in [0.25, 0.3) is 11.6 Å². The van der Waals surface area contributed by atoms with Gasteiger partial charge < -0.3 is 9.88 Å². The number of carbonyl (C=O) groups is 1. The van der Waals surface area contributed by atoms with E-state index in [4.69, 9.17) is 0 Å². The van der Waals surface area contributed by atoms with Crippen molar-refractivity contribution in [1.82, 2.24) is 4.57 Å². The van der Waals surface area contributed by atoms with Crippen molar-refractivity contribution >= 4 is 17.3 Å². The van der Waals surface area contributed by atoms with E-state index in [0.717, 1.165) is 22.4 Å². The smallest absolute Gasteiger partial charge is 0.271 e. The summed E-state index contributed by atoms with van der Waals surface area (Å²) in [6, 6.07) is 35.3. The molecule has 0 aliphatic rings. The standard InChI is InChI=1S/C30H23N3O3/c1-21-27(30(34)31-24-16-9-4-10-17-24)28(22-12-5-2-6-13-22)29(23-14-7-3-8-15-23)32(21)25-18-11-19-26(20-25)33(35)36/h2-20H,1H3,(H,31,34). The van der Waals surface area contributed by atoms with Crippen molar-refractivity contribution in [1.29, 1.82) is 0 Å². The molecule has 6 heteroatoms. The Balaban J connectivity index is 1.83. The summed E-state index contributed by atoms with van der Waals surface area (Å²) >= 11 is 0. The van der Waals surface area contributed by atoms with Crippen LogP contribution in [0.3, 0.4) is 0 Å². The van der Waals surface area contributed by atoms with Gasteiger partial charge in [0.15, 0.2) is 0 Å². The highest BCUT2D eigenvalue weighted by Gasteiger charge is 2.28. The third kappa shape index (κ3) is 4.28. The minimum absolute atomic E-state index is 0.0174. The Kier molecular flexibility index (Phi) is 6.16. The number of aromatic nitrogens is 1. The van der Waals surface area contributed by atoms with Crippen molar-refractivity contribution in [3.63, 3.8) is 0 Å². The molecule has 0 fully saturated rings. The molecule has 4 aromatic carbocycles. The quantitative estimate of drug-likeness (QED) is 0.208. The number of non-ortho nitro benzene ring substituents is 1. The molecule has 1 heterocycles. The number of benzene rings is 4. The average molecular weight is 474 g/mol. The van der Waals surface area contributed by atoms with Crippen molar-refractivity contribution in [2.45, 2.75) is 6.92 Å². The summed E-state index contributed by atoms with van der Waals surface area (Å²) < 4.78 is 1.94. The molecule has 0 saturated carbocycles. The fourth-order valence-electron chi connectivity index (χ4n) is 4.51. The summed E-state index contributed by atoms with van der Waals surface area (Å²) in [4.78, 5) is 25.0. The lowest BCUT2D eigenvalue weighted by molar-refractivity contribution is -0.384. The SMILES string of the molecule is Cc1c(C(=O)Nc2ccccc2)c(-c2ccccc2)c(-c2ccccc2)n1-c1cccc([N+](=O)[O-])c1. The zero-order chi connectivity index (χ0) is 25.1. The van der Waals surface area contributed by atoms with Crippen molar-refractivity contribution in [3.05, 3.63) is 137 Å². The largest absolute Gasteiger partial charge is 0.322 e. The summed E-state index contributed by atoms with van der Waals surface area (Å²) in [6.07, 6.45) is 0. The van der Waals surface area contributed by atoms with Gasteiger partial charge in [-0.3, -0.25) is 14.9 Å². The number of para-hydroxylation sites is 1. The Morgan fingerprint density at radius 2 is 1.36 bits per heavy atom. The van der Waals surface area contributed by atoms with E-state index in [2.05, 4.69) is 5.32 Å². The first-order valence-corrected chi connectivity index (χ1v) is 11.5. The van der Waals surface area contributed by atoms with Crippen LogP contribution < -0.4 is 5.32 Å². The second kappa shape index (κ2) is 9.72. The van der Waals surface area contributed by atoms with E-state index in [0.29, 0.717) is 22.6 Å². The van der Waals surface area contributed by atoms with Gasteiger partial charge in [-0.1, -0.05) is 84.9 Å². The minimum atomic E-state index is -0.411. The lowest BCUT2D eigenvalue weighted by Gasteiger charge is -2.14. The van der Waals surface area contributed by atoms with Crippen molar-refractivity contribution in [2.75, 3.05) is 5.32 Å². The molecule has 0 radical (unpaired) electrons. The van der Waals surface area contributed by atoms with Gasteiger partial charge in [0.1, 0.15) is 0 Å². The maximum absolute atomic E-state index is 13.8. The van der Waals surface area contributed by atoms with Gasteiger partial charge in [-0.25, -0.2) is 0 Å². The molecule has 36 heavy (non-hydrogen) atoms. The van der Waals surface area contributed by atoms with Crippen molar-refractivity contribution in [2.24, 2.45) is 0 Å². The van der Waals surface area contributed by atoms with Crippen LogP contribution in [-0.2, 0) is 0 Å². The second-order valence-electron chi connectivity index (χ2n) is 8.35. The molecule has 0 aliphatic heterocycles. The highest BCUT2D eigenvalue weighted by atomic mass is 16.6. The number of nitro groups is 1. The molecular weight excluding hydrogens is 450 g/mol. The summed E-state index contributed by atoms with van der Waals surface area (Å²) in [7, 11) is 0. The normalized spacial score (nSPS) is 10.7. The highest BCUT2D eigenvalue weighted by Crippen LogP contribution is 2.41. The van der Waals surface area contributed by atoms with Gasteiger partial charge in [0.05, 0.1) is 21.9 Å². The molecule has 1 aromatic heterocycles. The van der Waals surface area contributed by atoms with Crippen LogP contribution in [0.4, 0.5) is 11.4 Å². The Hall–Kier alpha value is -4.97. The van der Waals surface area contributed by atoms with Crippen LogP contribution in [0.2, 0.25) is 0 Å². The van der Waals surface area contributed by atoms with Crippen molar-refractivity contribution < 1.29 is 9.72 Å². The molecule has 0 unspecified atom stereocenters. The van der Waals surface area contributed by atoms with Gasteiger partial charge in [-0.05, 0) is 36.2 Å². The van der Waals surface area contributed by atoms with E-state index in [1.807, 2.05) is 109 Å². The van der Waals surface area contributed by atoms with Crippen LogP contribution in [-0.4, -0.2) is 15.4 Å². The fourth-order valence-corrected chi connectivity index (χ4v) is 4.51.